The summed E-state index contributed by atoms with van der Waals surface area (Å²) in [7, 11) is 0. The Morgan fingerprint density at radius 1 is 1.20 bits per heavy atom. The van der Waals surface area contributed by atoms with E-state index in [0.29, 0.717) is 33.3 Å². The van der Waals surface area contributed by atoms with Crippen molar-refractivity contribution in [3.63, 3.8) is 0 Å². The molecule has 30 heavy (non-hydrogen) atoms. The SMILES string of the molecule is Fc1ccc2c(c1CNc1ncc(-c3ccnc(Cl)c3Cl)c3nncn13)[C@H]1CC1O2. The summed E-state index contributed by atoms with van der Waals surface area (Å²) in [5.74, 6) is 1.29. The van der Waals surface area contributed by atoms with Crippen molar-refractivity contribution >= 4 is 34.8 Å². The molecule has 1 N–H and O–H groups in total. The predicted octanol–water partition coefficient (Wildman–Crippen LogP) is 4.49. The number of fused-ring (bicyclic) bond motifs is 4. The zero-order valence-corrected chi connectivity index (χ0v) is 16.8. The van der Waals surface area contributed by atoms with Gasteiger partial charge in [0, 0.05) is 47.1 Å². The van der Waals surface area contributed by atoms with Crippen LogP contribution in [-0.2, 0) is 6.54 Å². The lowest BCUT2D eigenvalue weighted by Crippen LogP contribution is -2.10. The molecule has 1 aromatic carbocycles. The Hall–Kier alpha value is -2.97. The first-order valence-corrected chi connectivity index (χ1v) is 10.1. The van der Waals surface area contributed by atoms with E-state index in [4.69, 9.17) is 27.9 Å². The van der Waals surface area contributed by atoms with Gasteiger partial charge in [-0.1, -0.05) is 23.2 Å². The maximum absolute atomic E-state index is 14.6. The molecule has 1 aliphatic carbocycles. The molecule has 150 valence electrons. The molecule has 0 saturated heterocycles. The van der Waals surface area contributed by atoms with Gasteiger partial charge in [-0.3, -0.25) is 4.40 Å². The number of aromatic nitrogens is 5. The second-order valence-electron chi connectivity index (χ2n) is 7.27. The van der Waals surface area contributed by atoms with Crippen LogP contribution in [0.5, 0.6) is 5.75 Å². The second kappa shape index (κ2) is 6.52. The minimum absolute atomic E-state index is 0.194. The topological polar surface area (TPSA) is 77.2 Å². The van der Waals surface area contributed by atoms with Crippen LogP contribution in [0.3, 0.4) is 0 Å². The quantitative estimate of drug-likeness (QED) is 0.469. The van der Waals surface area contributed by atoms with Crippen molar-refractivity contribution in [2.24, 2.45) is 0 Å². The molecule has 1 saturated carbocycles. The largest absolute Gasteiger partial charge is 0.489 e. The van der Waals surface area contributed by atoms with E-state index in [9.17, 15) is 4.39 Å². The molecule has 2 aliphatic rings. The van der Waals surface area contributed by atoms with Crippen molar-refractivity contribution in [2.45, 2.75) is 25.0 Å². The van der Waals surface area contributed by atoms with E-state index in [1.54, 1.807) is 28.9 Å². The van der Waals surface area contributed by atoms with Crippen molar-refractivity contribution in [1.29, 1.82) is 0 Å². The first kappa shape index (κ1) is 17.9. The van der Waals surface area contributed by atoms with Crippen LogP contribution in [-0.4, -0.2) is 30.7 Å². The standard InChI is InChI=1S/C20H13Cl2FN6O/c21-17-9(3-4-24-18(17)22)11-6-25-20(29-8-27-28-19(11)29)26-7-12-13(23)1-2-14-16(12)10-5-15(10)30-14/h1-4,6,8,10,15H,5,7H2,(H,25,26)/t10-,15?/m0/s1. The minimum atomic E-state index is -0.257. The van der Waals surface area contributed by atoms with Gasteiger partial charge in [0.25, 0.3) is 0 Å². The number of anilines is 1. The van der Waals surface area contributed by atoms with Crippen LogP contribution in [0.2, 0.25) is 10.2 Å². The Morgan fingerprint density at radius 3 is 3.00 bits per heavy atom. The summed E-state index contributed by atoms with van der Waals surface area (Å²) >= 11 is 12.4. The van der Waals surface area contributed by atoms with Crippen molar-refractivity contribution < 1.29 is 9.13 Å². The van der Waals surface area contributed by atoms with Crippen LogP contribution in [0.4, 0.5) is 10.3 Å². The van der Waals surface area contributed by atoms with E-state index in [-0.39, 0.29) is 29.5 Å². The lowest BCUT2D eigenvalue weighted by molar-refractivity contribution is 0.318. The number of pyridine rings is 1. The van der Waals surface area contributed by atoms with E-state index >= 15 is 0 Å². The first-order chi connectivity index (χ1) is 14.6. The van der Waals surface area contributed by atoms with Crippen LogP contribution in [0.15, 0.2) is 36.9 Å². The summed E-state index contributed by atoms with van der Waals surface area (Å²) < 4.78 is 22.1. The van der Waals surface area contributed by atoms with E-state index in [1.807, 2.05) is 0 Å². The Balaban J connectivity index is 1.37. The van der Waals surface area contributed by atoms with Crippen LogP contribution < -0.4 is 10.1 Å². The number of hydrogen-bond acceptors (Lipinski definition) is 6. The maximum Gasteiger partial charge on any atom is 0.210 e. The zero-order valence-electron chi connectivity index (χ0n) is 15.3. The van der Waals surface area contributed by atoms with E-state index < -0.39 is 0 Å². The van der Waals surface area contributed by atoms with Crippen molar-refractivity contribution in [3.8, 4) is 16.9 Å². The lowest BCUT2D eigenvalue weighted by atomic mass is 10.0. The molecule has 4 aromatic rings. The molecule has 7 nitrogen and oxygen atoms in total. The third-order valence-electron chi connectivity index (χ3n) is 5.53. The van der Waals surface area contributed by atoms with Crippen molar-refractivity contribution in [1.82, 2.24) is 24.6 Å². The first-order valence-electron chi connectivity index (χ1n) is 9.32. The van der Waals surface area contributed by atoms with Gasteiger partial charge in [-0.15, -0.1) is 10.2 Å². The molecule has 6 rings (SSSR count). The van der Waals surface area contributed by atoms with Crippen molar-refractivity contribution in [2.75, 3.05) is 5.32 Å². The summed E-state index contributed by atoms with van der Waals surface area (Å²) in [6.07, 6.45) is 5.88. The number of ether oxygens (including phenoxy) is 1. The van der Waals surface area contributed by atoms with Gasteiger partial charge in [-0.2, -0.15) is 0 Å². The summed E-state index contributed by atoms with van der Waals surface area (Å²) in [5, 5.41) is 11.9. The number of nitrogens with one attached hydrogen (secondary N) is 1. The average molecular weight is 443 g/mol. The number of halogens is 3. The van der Waals surface area contributed by atoms with Gasteiger partial charge >= 0.3 is 0 Å². The predicted molar refractivity (Wildman–Crippen MR) is 110 cm³/mol. The zero-order chi connectivity index (χ0) is 20.4. The van der Waals surface area contributed by atoms with Gasteiger partial charge in [-0.05, 0) is 24.6 Å². The van der Waals surface area contributed by atoms with E-state index in [1.165, 1.54) is 12.4 Å². The summed E-state index contributed by atoms with van der Waals surface area (Å²) in [5.41, 5.74) is 3.42. The molecule has 1 fully saturated rings. The Bertz CT molecular complexity index is 1330. The van der Waals surface area contributed by atoms with Gasteiger partial charge in [0.05, 0.1) is 5.02 Å². The second-order valence-corrected chi connectivity index (χ2v) is 8.01. The fourth-order valence-electron chi connectivity index (χ4n) is 4.01. The Kier molecular flexibility index (Phi) is 3.88. The molecule has 0 spiro atoms. The lowest BCUT2D eigenvalue weighted by Gasteiger charge is -2.14. The number of hydrogen-bond donors (Lipinski definition) is 1. The van der Waals surface area contributed by atoms with Gasteiger partial charge < -0.3 is 10.1 Å². The van der Waals surface area contributed by atoms with Crippen LogP contribution in [0, 0.1) is 5.82 Å². The van der Waals surface area contributed by atoms with Crippen LogP contribution in [0.1, 0.15) is 23.5 Å². The minimum Gasteiger partial charge on any atom is -0.489 e. The molecule has 1 unspecified atom stereocenters. The summed E-state index contributed by atoms with van der Waals surface area (Å²) in [6, 6.07) is 4.89. The highest BCUT2D eigenvalue weighted by Gasteiger charge is 2.49. The number of rotatable bonds is 4. The number of nitrogens with zero attached hydrogens (tertiary/aromatic N) is 5. The smallest absolute Gasteiger partial charge is 0.210 e. The van der Waals surface area contributed by atoms with Crippen LogP contribution in [0.25, 0.3) is 16.8 Å². The fourth-order valence-corrected chi connectivity index (χ4v) is 4.38. The van der Waals surface area contributed by atoms with Gasteiger partial charge in [-0.25, -0.2) is 14.4 Å². The molecular formula is C20H13Cl2FN6O. The molecule has 0 bridgehead atoms. The van der Waals surface area contributed by atoms with E-state index in [2.05, 4.69) is 25.5 Å². The van der Waals surface area contributed by atoms with E-state index in [0.717, 1.165) is 17.7 Å². The summed E-state index contributed by atoms with van der Waals surface area (Å²) in [4.78, 5) is 8.46. The summed E-state index contributed by atoms with van der Waals surface area (Å²) in [6.45, 7) is 0.267. The van der Waals surface area contributed by atoms with Crippen molar-refractivity contribution in [3.05, 3.63) is 64.0 Å². The molecule has 3 aromatic heterocycles. The molecule has 1 aliphatic heterocycles. The average Bonchev–Trinajstić information content (AvgIpc) is 3.16. The fraction of sp³-hybridized carbons (Fsp3) is 0.200. The highest BCUT2D eigenvalue weighted by molar-refractivity contribution is 6.43. The third-order valence-corrected chi connectivity index (χ3v) is 6.30. The van der Waals surface area contributed by atoms with Gasteiger partial charge in [0.15, 0.2) is 5.65 Å². The number of benzene rings is 1. The Morgan fingerprint density at radius 2 is 2.10 bits per heavy atom. The normalized spacial score (nSPS) is 18.8. The molecule has 4 heterocycles. The Labute approximate surface area is 179 Å². The maximum atomic E-state index is 14.6. The molecular weight excluding hydrogens is 430 g/mol. The molecule has 0 radical (unpaired) electrons. The molecule has 10 heteroatoms. The van der Waals surface area contributed by atoms with Gasteiger partial charge in [0.2, 0.25) is 5.95 Å². The highest BCUT2D eigenvalue weighted by atomic mass is 35.5. The van der Waals surface area contributed by atoms with Gasteiger partial charge in [0.1, 0.15) is 29.2 Å². The highest BCUT2D eigenvalue weighted by Crippen LogP contribution is 2.55. The van der Waals surface area contributed by atoms with Crippen LogP contribution >= 0.6 is 23.2 Å². The molecule has 2 atom stereocenters. The monoisotopic (exact) mass is 442 g/mol. The molecule has 0 amide bonds. The third kappa shape index (κ3) is 2.64.